The summed E-state index contributed by atoms with van der Waals surface area (Å²) in [6, 6.07) is 29.9. The molecule has 1 aliphatic rings. The molecule has 0 fully saturated rings. The van der Waals surface area contributed by atoms with E-state index in [1.165, 1.54) is 10.8 Å². The maximum Gasteiger partial charge on any atom is 0.255 e. The van der Waals surface area contributed by atoms with E-state index in [1.54, 1.807) is 0 Å². The molecule has 4 heteroatoms. The number of carbonyl (C=O) groups is 1. The predicted molar refractivity (Wildman–Crippen MR) is 115 cm³/mol. The van der Waals surface area contributed by atoms with Crippen LogP contribution in [0.1, 0.15) is 27.7 Å². The van der Waals surface area contributed by atoms with Crippen LogP contribution in [0, 0.1) is 0 Å². The van der Waals surface area contributed by atoms with Crippen molar-refractivity contribution in [3.05, 3.63) is 108 Å². The molecule has 4 aromatic carbocycles. The van der Waals surface area contributed by atoms with Crippen LogP contribution in [-0.4, -0.2) is 5.91 Å². The Morgan fingerprint density at radius 3 is 2.41 bits per heavy atom. The molecule has 1 heterocycles. The molecule has 29 heavy (non-hydrogen) atoms. The van der Waals surface area contributed by atoms with E-state index in [0.29, 0.717) is 12.2 Å². The van der Waals surface area contributed by atoms with E-state index in [-0.39, 0.29) is 12.1 Å². The minimum absolute atomic E-state index is 0.0689. The highest BCUT2D eigenvalue weighted by Crippen LogP contribution is 2.27. The SMILES string of the molecule is O=C1N[C@H](c2ccc(OCc3cccc4ccccc34)cc2)Nc2ccccc21. The molecule has 4 nitrogen and oxygen atoms in total. The van der Waals surface area contributed by atoms with Gasteiger partial charge in [-0.3, -0.25) is 4.79 Å². The Morgan fingerprint density at radius 1 is 0.759 bits per heavy atom. The molecule has 5 rings (SSSR count). The van der Waals surface area contributed by atoms with Crippen molar-refractivity contribution in [2.75, 3.05) is 5.32 Å². The Balaban J connectivity index is 1.30. The normalized spacial score (nSPS) is 15.3. The number of hydrogen-bond donors (Lipinski definition) is 2. The topological polar surface area (TPSA) is 50.4 Å². The standard InChI is InChI=1S/C25H20N2O2/c28-25-22-10-3-4-11-23(22)26-24(27-25)18-12-14-20(15-13-18)29-16-19-8-5-7-17-6-1-2-9-21(17)19/h1-15,24,26H,16H2,(H,27,28)/t24-/m1/s1. The number of para-hydroxylation sites is 1. The molecule has 1 atom stereocenters. The van der Waals surface area contributed by atoms with Crippen molar-refractivity contribution in [3.63, 3.8) is 0 Å². The van der Waals surface area contributed by atoms with Crippen molar-refractivity contribution in [3.8, 4) is 5.75 Å². The molecule has 0 radical (unpaired) electrons. The average molecular weight is 380 g/mol. The monoisotopic (exact) mass is 380 g/mol. The number of fused-ring (bicyclic) bond motifs is 2. The van der Waals surface area contributed by atoms with Crippen molar-refractivity contribution < 1.29 is 9.53 Å². The molecule has 0 spiro atoms. The van der Waals surface area contributed by atoms with Gasteiger partial charge in [0.2, 0.25) is 0 Å². The van der Waals surface area contributed by atoms with Crippen LogP contribution in [0.5, 0.6) is 5.75 Å². The first-order valence-electron chi connectivity index (χ1n) is 9.64. The lowest BCUT2D eigenvalue weighted by molar-refractivity contribution is 0.0935. The zero-order valence-corrected chi connectivity index (χ0v) is 15.8. The number of benzene rings is 4. The second-order valence-corrected chi connectivity index (χ2v) is 7.09. The summed E-state index contributed by atoms with van der Waals surface area (Å²) in [5.41, 5.74) is 3.65. The van der Waals surface area contributed by atoms with Crippen LogP contribution in [0.3, 0.4) is 0 Å². The van der Waals surface area contributed by atoms with Crippen molar-refractivity contribution in [1.29, 1.82) is 0 Å². The summed E-state index contributed by atoms with van der Waals surface area (Å²) in [7, 11) is 0. The van der Waals surface area contributed by atoms with Crippen LogP contribution in [0.4, 0.5) is 5.69 Å². The Morgan fingerprint density at radius 2 is 1.52 bits per heavy atom. The van der Waals surface area contributed by atoms with Crippen LogP contribution < -0.4 is 15.4 Å². The maximum absolute atomic E-state index is 12.3. The summed E-state index contributed by atoms with van der Waals surface area (Å²) < 4.78 is 6.01. The van der Waals surface area contributed by atoms with Crippen LogP contribution in [0.15, 0.2) is 91.0 Å². The highest BCUT2D eigenvalue weighted by molar-refractivity contribution is 6.01. The number of ether oxygens (including phenoxy) is 1. The zero-order valence-electron chi connectivity index (χ0n) is 15.8. The number of nitrogens with one attached hydrogen (secondary N) is 2. The molecule has 1 aliphatic heterocycles. The molecule has 2 N–H and O–H groups in total. The smallest absolute Gasteiger partial charge is 0.255 e. The van der Waals surface area contributed by atoms with Crippen LogP contribution >= 0.6 is 0 Å². The van der Waals surface area contributed by atoms with Crippen LogP contribution in [0.2, 0.25) is 0 Å². The quantitative estimate of drug-likeness (QED) is 0.507. The van der Waals surface area contributed by atoms with E-state index < -0.39 is 0 Å². The molecule has 0 saturated heterocycles. The molecule has 0 aliphatic carbocycles. The van der Waals surface area contributed by atoms with Crippen molar-refractivity contribution in [1.82, 2.24) is 5.32 Å². The molecule has 0 saturated carbocycles. The summed E-state index contributed by atoms with van der Waals surface area (Å²) in [5.74, 6) is 0.727. The van der Waals surface area contributed by atoms with Gasteiger partial charge < -0.3 is 15.4 Å². The van der Waals surface area contributed by atoms with Crippen LogP contribution in [-0.2, 0) is 6.61 Å². The van der Waals surface area contributed by atoms with E-state index in [4.69, 9.17) is 4.74 Å². The van der Waals surface area contributed by atoms with Crippen molar-refractivity contribution in [2.45, 2.75) is 12.8 Å². The van der Waals surface area contributed by atoms with Crippen molar-refractivity contribution >= 4 is 22.4 Å². The summed E-state index contributed by atoms with van der Waals surface area (Å²) in [6.07, 6.45) is -0.260. The van der Waals surface area contributed by atoms with Gasteiger partial charge in [-0.1, -0.05) is 66.7 Å². The molecular weight excluding hydrogens is 360 g/mol. The fourth-order valence-corrected chi connectivity index (χ4v) is 3.71. The summed E-state index contributed by atoms with van der Waals surface area (Å²) >= 11 is 0. The number of rotatable bonds is 4. The van der Waals surface area contributed by atoms with Gasteiger partial charge in [-0.25, -0.2) is 0 Å². The van der Waals surface area contributed by atoms with E-state index in [0.717, 1.165) is 22.6 Å². The predicted octanol–water partition coefficient (Wildman–Crippen LogP) is 5.27. The Bertz CT molecular complexity index is 1180. The van der Waals surface area contributed by atoms with Gasteiger partial charge in [0.25, 0.3) is 5.91 Å². The minimum atomic E-state index is -0.260. The average Bonchev–Trinajstić information content (AvgIpc) is 2.78. The molecule has 142 valence electrons. The Labute approximate surface area is 169 Å². The maximum atomic E-state index is 12.3. The summed E-state index contributed by atoms with van der Waals surface area (Å²) in [6.45, 7) is 0.506. The second kappa shape index (κ2) is 7.32. The number of hydrogen-bond acceptors (Lipinski definition) is 3. The summed E-state index contributed by atoms with van der Waals surface area (Å²) in [4.78, 5) is 12.3. The Kier molecular flexibility index (Phi) is 4.37. The fraction of sp³-hybridized carbons (Fsp3) is 0.0800. The third kappa shape index (κ3) is 3.41. The lowest BCUT2D eigenvalue weighted by Gasteiger charge is -2.28. The number of carbonyl (C=O) groups excluding carboxylic acids is 1. The zero-order chi connectivity index (χ0) is 19.6. The van der Waals surface area contributed by atoms with Gasteiger partial charge >= 0.3 is 0 Å². The van der Waals surface area contributed by atoms with Gasteiger partial charge in [0, 0.05) is 5.69 Å². The molecule has 0 unspecified atom stereocenters. The largest absolute Gasteiger partial charge is 0.489 e. The first-order valence-corrected chi connectivity index (χ1v) is 9.64. The van der Waals surface area contributed by atoms with Gasteiger partial charge in [-0.2, -0.15) is 0 Å². The van der Waals surface area contributed by atoms with E-state index >= 15 is 0 Å². The third-order valence-corrected chi connectivity index (χ3v) is 5.23. The van der Waals surface area contributed by atoms with Crippen LogP contribution in [0.25, 0.3) is 10.8 Å². The van der Waals surface area contributed by atoms with E-state index in [2.05, 4.69) is 41.0 Å². The second-order valence-electron chi connectivity index (χ2n) is 7.09. The minimum Gasteiger partial charge on any atom is -0.489 e. The molecule has 0 bridgehead atoms. The molecular formula is C25H20N2O2. The number of anilines is 1. The molecule has 4 aromatic rings. The Hall–Kier alpha value is -3.79. The van der Waals surface area contributed by atoms with Gasteiger partial charge in [0.1, 0.15) is 18.5 Å². The highest BCUT2D eigenvalue weighted by Gasteiger charge is 2.23. The summed E-state index contributed by atoms with van der Waals surface area (Å²) in [5, 5.41) is 8.78. The van der Waals surface area contributed by atoms with Gasteiger partial charge in [0.05, 0.1) is 5.56 Å². The number of amides is 1. The van der Waals surface area contributed by atoms with Gasteiger partial charge in [-0.15, -0.1) is 0 Å². The lowest BCUT2D eigenvalue weighted by atomic mass is 10.1. The lowest BCUT2D eigenvalue weighted by Crippen LogP contribution is -2.38. The first-order chi connectivity index (χ1) is 14.3. The van der Waals surface area contributed by atoms with Gasteiger partial charge in [-0.05, 0) is 46.2 Å². The van der Waals surface area contributed by atoms with Crippen molar-refractivity contribution in [2.24, 2.45) is 0 Å². The van der Waals surface area contributed by atoms with E-state index in [9.17, 15) is 4.79 Å². The van der Waals surface area contributed by atoms with Gasteiger partial charge in [0.15, 0.2) is 0 Å². The molecule has 1 amide bonds. The third-order valence-electron chi connectivity index (χ3n) is 5.23. The molecule has 0 aromatic heterocycles. The highest BCUT2D eigenvalue weighted by atomic mass is 16.5. The fourth-order valence-electron chi connectivity index (χ4n) is 3.71. The van der Waals surface area contributed by atoms with E-state index in [1.807, 2.05) is 60.7 Å². The first kappa shape index (κ1) is 17.3.